The van der Waals surface area contributed by atoms with Crippen molar-refractivity contribution in [1.29, 1.82) is 0 Å². The standard InChI is InChI=1S/C8H8O.CH4O/c9-7-6-8-4-2-1-3-5-8;1-2/h1-5,7H,6H2;2H,1H3. The Bertz CT molecular complexity index is 182. The summed E-state index contributed by atoms with van der Waals surface area (Å²) in [6.07, 6.45) is 1.44. The topological polar surface area (TPSA) is 37.3 Å². The van der Waals surface area contributed by atoms with Gasteiger partial charge in [-0.1, -0.05) is 30.3 Å². The van der Waals surface area contributed by atoms with Crippen molar-refractivity contribution in [3.63, 3.8) is 0 Å². The molecule has 0 heterocycles. The Hall–Kier alpha value is -1.15. The Morgan fingerprint density at radius 3 is 2.27 bits per heavy atom. The minimum Gasteiger partial charge on any atom is -0.400 e. The van der Waals surface area contributed by atoms with E-state index in [-0.39, 0.29) is 0 Å². The SMILES string of the molecule is CO.O=CCc1ccccc1. The molecule has 0 atom stereocenters. The molecule has 0 saturated heterocycles. The molecule has 2 heteroatoms. The lowest BCUT2D eigenvalue weighted by atomic mass is 10.2. The minimum absolute atomic E-state index is 0.529. The molecule has 1 N–H and O–H groups in total. The van der Waals surface area contributed by atoms with Crippen molar-refractivity contribution in [2.75, 3.05) is 7.11 Å². The van der Waals surface area contributed by atoms with Crippen molar-refractivity contribution in [1.82, 2.24) is 0 Å². The van der Waals surface area contributed by atoms with Gasteiger partial charge in [0.15, 0.2) is 0 Å². The van der Waals surface area contributed by atoms with E-state index in [4.69, 9.17) is 5.11 Å². The lowest BCUT2D eigenvalue weighted by molar-refractivity contribution is -0.107. The molecule has 1 aromatic rings. The average Bonchev–Trinajstić information content (AvgIpc) is 2.11. The summed E-state index contributed by atoms with van der Waals surface area (Å²) in [5.74, 6) is 0. The van der Waals surface area contributed by atoms with E-state index in [1.165, 1.54) is 0 Å². The second-order valence-electron chi connectivity index (χ2n) is 1.86. The van der Waals surface area contributed by atoms with Crippen LogP contribution in [0.3, 0.4) is 0 Å². The number of aliphatic hydroxyl groups excluding tert-OH is 1. The third-order valence-electron chi connectivity index (χ3n) is 1.16. The zero-order valence-corrected chi connectivity index (χ0v) is 6.53. The quantitative estimate of drug-likeness (QED) is 0.643. The molecular formula is C9H12O2. The first-order chi connectivity index (χ1) is 5.43. The maximum absolute atomic E-state index is 9.97. The number of aliphatic hydroxyl groups is 1. The Morgan fingerprint density at radius 1 is 1.27 bits per heavy atom. The van der Waals surface area contributed by atoms with Gasteiger partial charge >= 0.3 is 0 Å². The highest BCUT2D eigenvalue weighted by atomic mass is 16.2. The van der Waals surface area contributed by atoms with E-state index >= 15 is 0 Å². The highest BCUT2D eigenvalue weighted by Crippen LogP contribution is 1.96. The van der Waals surface area contributed by atoms with Crippen molar-refractivity contribution in [3.05, 3.63) is 35.9 Å². The maximum Gasteiger partial charge on any atom is 0.124 e. The predicted octanol–water partition coefficient (Wildman–Crippen LogP) is 1.04. The van der Waals surface area contributed by atoms with E-state index in [1.54, 1.807) is 0 Å². The minimum atomic E-state index is 0.529. The lowest BCUT2D eigenvalue weighted by Gasteiger charge is -1.89. The molecule has 0 aliphatic rings. The number of carbonyl (C=O) groups excluding carboxylic acids is 1. The molecular weight excluding hydrogens is 140 g/mol. The largest absolute Gasteiger partial charge is 0.400 e. The van der Waals surface area contributed by atoms with Gasteiger partial charge in [0, 0.05) is 13.5 Å². The summed E-state index contributed by atoms with van der Waals surface area (Å²) < 4.78 is 0. The molecule has 0 aromatic heterocycles. The normalized spacial score (nSPS) is 7.82. The molecule has 1 aromatic carbocycles. The van der Waals surface area contributed by atoms with Gasteiger partial charge in [0.05, 0.1) is 0 Å². The van der Waals surface area contributed by atoms with E-state index in [0.29, 0.717) is 6.42 Å². The molecule has 0 bridgehead atoms. The molecule has 0 unspecified atom stereocenters. The van der Waals surface area contributed by atoms with Gasteiger partial charge in [-0.15, -0.1) is 0 Å². The van der Waals surface area contributed by atoms with E-state index in [1.807, 2.05) is 30.3 Å². The molecule has 0 aliphatic heterocycles. The summed E-state index contributed by atoms with van der Waals surface area (Å²) in [5.41, 5.74) is 1.08. The summed E-state index contributed by atoms with van der Waals surface area (Å²) in [4.78, 5) is 9.97. The summed E-state index contributed by atoms with van der Waals surface area (Å²) in [6, 6.07) is 9.68. The first-order valence-corrected chi connectivity index (χ1v) is 3.36. The summed E-state index contributed by atoms with van der Waals surface area (Å²) in [7, 11) is 1.00. The molecule has 1 rings (SSSR count). The second-order valence-corrected chi connectivity index (χ2v) is 1.86. The Morgan fingerprint density at radius 2 is 1.82 bits per heavy atom. The summed E-state index contributed by atoms with van der Waals surface area (Å²) in [5, 5.41) is 7.00. The molecule has 60 valence electrons. The number of benzene rings is 1. The highest BCUT2D eigenvalue weighted by molar-refractivity contribution is 5.54. The number of carbonyl (C=O) groups is 1. The fourth-order valence-corrected chi connectivity index (χ4v) is 0.710. The van der Waals surface area contributed by atoms with Crippen LogP contribution in [0.25, 0.3) is 0 Å². The average molecular weight is 152 g/mol. The zero-order valence-electron chi connectivity index (χ0n) is 6.53. The van der Waals surface area contributed by atoms with Gasteiger partial charge in [-0.05, 0) is 5.56 Å². The Kier molecular flexibility index (Phi) is 6.24. The van der Waals surface area contributed by atoms with Crippen molar-refractivity contribution >= 4 is 6.29 Å². The molecule has 0 amide bonds. The van der Waals surface area contributed by atoms with Crippen molar-refractivity contribution < 1.29 is 9.90 Å². The van der Waals surface area contributed by atoms with Crippen molar-refractivity contribution in [3.8, 4) is 0 Å². The van der Waals surface area contributed by atoms with Crippen molar-refractivity contribution in [2.24, 2.45) is 0 Å². The first-order valence-electron chi connectivity index (χ1n) is 3.36. The smallest absolute Gasteiger partial charge is 0.124 e. The molecule has 0 radical (unpaired) electrons. The van der Waals surface area contributed by atoms with E-state index in [0.717, 1.165) is 19.0 Å². The summed E-state index contributed by atoms with van der Waals surface area (Å²) in [6.45, 7) is 0. The van der Waals surface area contributed by atoms with Gasteiger partial charge in [0.1, 0.15) is 6.29 Å². The number of rotatable bonds is 2. The monoisotopic (exact) mass is 152 g/mol. The molecule has 0 fully saturated rings. The van der Waals surface area contributed by atoms with E-state index < -0.39 is 0 Å². The van der Waals surface area contributed by atoms with Crippen LogP contribution in [0.2, 0.25) is 0 Å². The van der Waals surface area contributed by atoms with Crippen LogP contribution < -0.4 is 0 Å². The van der Waals surface area contributed by atoms with Crippen LogP contribution in [0, 0.1) is 0 Å². The van der Waals surface area contributed by atoms with Crippen LogP contribution in [0.1, 0.15) is 5.56 Å². The third kappa shape index (κ3) is 4.28. The molecule has 11 heavy (non-hydrogen) atoms. The van der Waals surface area contributed by atoms with E-state index in [2.05, 4.69) is 0 Å². The fourth-order valence-electron chi connectivity index (χ4n) is 0.710. The van der Waals surface area contributed by atoms with Crippen LogP contribution in [-0.2, 0) is 11.2 Å². The third-order valence-corrected chi connectivity index (χ3v) is 1.16. The van der Waals surface area contributed by atoms with Crippen molar-refractivity contribution in [2.45, 2.75) is 6.42 Å². The van der Waals surface area contributed by atoms with Crippen LogP contribution >= 0.6 is 0 Å². The van der Waals surface area contributed by atoms with Crippen LogP contribution in [0.4, 0.5) is 0 Å². The number of hydrogen-bond donors (Lipinski definition) is 1. The van der Waals surface area contributed by atoms with Crippen LogP contribution in [-0.4, -0.2) is 18.5 Å². The molecule has 0 saturated carbocycles. The van der Waals surface area contributed by atoms with E-state index in [9.17, 15) is 4.79 Å². The maximum atomic E-state index is 9.97. The Labute approximate surface area is 66.5 Å². The zero-order chi connectivity index (χ0) is 8.53. The first kappa shape index (κ1) is 9.85. The fraction of sp³-hybridized carbons (Fsp3) is 0.222. The summed E-state index contributed by atoms with van der Waals surface area (Å²) >= 11 is 0. The van der Waals surface area contributed by atoms with Gasteiger partial charge in [0.25, 0.3) is 0 Å². The van der Waals surface area contributed by atoms with Crippen LogP contribution in [0.15, 0.2) is 30.3 Å². The van der Waals surface area contributed by atoms with Gasteiger partial charge in [-0.2, -0.15) is 0 Å². The predicted molar refractivity (Wildman–Crippen MR) is 44.4 cm³/mol. The molecule has 0 aliphatic carbocycles. The van der Waals surface area contributed by atoms with Crippen LogP contribution in [0.5, 0.6) is 0 Å². The van der Waals surface area contributed by atoms with Gasteiger partial charge < -0.3 is 9.90 Å². The Balaban J connectivity index is 0.000000461. The number of aldehydes is 1. The van der Waals surface area contributed by atoms with Gasteiger partial charge in [-0.25, -0.2) is 0 Å². The molecule has 0 spiro atoms. The van der Waals surface area contributed by atoms with Gasteiger partial charge in [-0.3, -0.25) is 0 Å². The highest BCUT2D eigenvalue weighted by Gasteiger charge is 1.84. The van der Waals surface area contributed by atoms with Gasteiger partial charge in [0.2, 0.25) is 0 Å². The second kappa shape index (κ2) is 6.96. The lowest BCUT2D eigenvalue weighted by Crippen LogP contribution is -1.82. The molecule has 2 nitrogen and oxygen atoms in total. The number of hydrogen-bond acceptors (Lipinski definition) is 2.